The van der Waals surface area contributed by atoms with Crippen molar-refractivity contribution in [3.05, 3.63) is 71.3 Å². The summed E-state index contributed by atoms with van der Waals surface area (Å²) in [7, 11) is 0. The van der Waals surface area contributed by atoms with Gasteiger partial charge in [-0.25, -0.2) is 4.79 Å². The number of hydrogen-bond acceptors (Lipinski definition) is 4. The Morgan fingerprint density at radius 3 is 2.22 bits per heavy atom. The topological polar surface area (TPSA) is 56.8 Å². The number of nitrogens with zero attached hydrogens (tertiary/aromatic N) is 2. The van der Waals surface area contributed by atoms with Crippen LogP contribution in [0.2, 0.25) is 0 Å². The Hall–Kier alpha value is -2.41. The van der Waals surface area contributed by atoms with Crippen molar-refractivity contribution in [1.29, 1.82) is 0 Å². The van der Waals surface area contributed by atoms with E-state index in [1.54, 1.807) is 0 Å². The van der Waals surface area contributed by atoms with Gasteiger partial charge in [-0.1, -0.05) is 54.6 Å². The van der Waals surface area contributed by atoms with Crippen molar-refractivity contribution < 1.29 is 9.53 Å². The Bertz CT molecular complexity index is 831. The highest BCUT2D eigenvalue weighted by Gasteiger charge is 2.20. The van der Waals surface area contributed by atoms with Crippen LogP contribution in [0, 0.1) is 5.92 Å². The molecule has 0 unspecified atom stereocenters. The SMILES string of the molecule is O=C(NCc1ccccc1CN1CCOCC1)NCC1CCN(Cc2ccccc2)CC1. The summed E-state index contributed by atoms with van der Waals surface area (Å²) in [4.78, 5) is 17.3. The molecule has 2 fully saturated rings. The van der Waals surface area contributed by atoms with Crippen LogP contribution in [-0.2, 0) is 24.4 Å². The number of carbonyl (C=O) groups is 1. The van der Waals surface area contributed by atoms with Gasteiger partial charge in [0.1, 0.15) is 0 Å². The van der Waals surface area contributed by atoms with Crippen molar-refractivity contribution in [2.45, 2.75) is 32.5 Å². The quantitative estimate of drug-likeness (QED) is 0.667. The van der Waals surface area contributed by atoms with Gasteiger partial charge in [-0.3, -0.25) is 9.80 Å². The highest BCUT2D eigenvalue weighted by Crippen LogP contribution is 2.18. The molecule has 2 saturated heterocycles. The summed E-state index contributed by atoms with van der Waals surface area (Å²) in [5.74, 6) is 0.557. The van der Waals surface area contributed by atoms with Crippen LogP contribution in [-0.4, -0.2) is 61.8 Å². The van der Waals surface area contributed by atoms with Crippen molar-refractivity contribution in [2.75, 3.05) is 45.9 Å². The molecule has 0 atom stereocenters. The molecule has 6 heteroatoms. The lowest BCUT2D eigenvalue weighted by Crippen LogP contribution is -2.41. The van der Waals surface area contributed by atoms with Crippen molar-refractivity contribution in [3.8, 4) is 0 Å². The molecule has 2 amide bonds. The van der Waals surface area contributed by atoms with Gasteiger partial charge >= 0.3 is 6.03 Å². The lowest BCUT2D eigenvalue weighted by molar-refractivity contribution is 0.0341. The maximum atomic E-state index is 12.4. The van der Waals surface area contributed by atoms with Crippen LogP contribution in [0.15, 0.2) is 54.6 Å². The summed E-state index contributed by atoms with van der Waals surface area (Å²) in [6, 6.07) is 19.0. The molecule has 2 aromatic rings. The lowest BCUT2D eigenvalue weighted by atomic mass is 9.96. The van der Waals surface area contributed by atoms with Gasteiger partial charge in [-0.05, 0) is 48.5 Å². The minimum Gasteiger partial charge on any atom is -0.379 e. The summed E-state index contributed by atoms with van der Waals surface area (Å²) in [5, 5.41) is 6.15. The minimum atomic E-state index is -0.0714. The molecule has 0 aliphatic carbocycles. The van der Waals surface area contributed by atoms with Gasteiger partial charge < -0.3 is 15.4 Å². The highest BCUT2D eigenvalue weighted by atomic mass is 16.5. The van der Waals surface area contributed by atoms with Gasteiger partial charge in [0.15, 0.2) is 0 Å². The first-order chi connectivity index (χ1) is 15.8. The molecule has 0 saturated carbocycles. The first-order valence-corrected chi connectivity index (χ1v) is 11.9. The van der Waals surface area contributed by atoms with Gasteiger partial charge in [-0.15, -0.1) is 0 Å². The fraction of sp³-hybridized carbons (Fsp3) is 0.500. The van der Waals surface area contributed by atoms with E-state index in [2.05, 4.69) is 69.0 Å². The Kier molecular flexibility index (Phi) is 8.54. The molecule has 2 aromatic carbocycles. The minimum absolute atomic E-state index is 0.0714. The molecule has 172 valence electrons. The van der Waals surface area contributed by atoms with Gasteiger partial charge in [0, 0.05) is 39.3 Å². The third kappa shape index (κ3) is 7.05. The van der Waals surface area contributed by atoms with E-state index in [0.29, 0.717) is 12.5 Å². The summed E-state index contributed by atoms with van der Waals surface area (Å²) in [6.45, 7) is 8.95. The number of nitrogens with one attached hydrogen (secondary N) is 2. The van der Waals surface area contributed by atoms with Crippen LogP contribution in [0.25, 0.3) is 0 Å². The predicted octanol–water partition coefficient (Wildman–Crippen LogP) is 3.23. The number of morpholine rings is 1. The summed E-state index contributed by atoms with van der Waals surface area (Å²) >= 11 is 0. The Morgan fingerprint density at radius 1 is 0.812 bits per heavy atom. The first-order valence-electron chi connectivity index (χ1n) is 11.9. The molecule has 2 N–H and O–H groups in total. The number of rotatable bonds is 8. The Labute approximate surface area is 191 Å². The second-order valence-electron chi connectivity index (χ2n) is 8.93. The summed E-state index contributed by atoms with van der Waals surface area (Å²) in [6.07, 6.45) is 2.27. The maximum Gasteiger partial charge on any atom is 0.315 e. The van der Waals surface area contributed by atoms with Crippen LogP contribution in [0.3, 0.4) is 0 Å². The molecule has 32 heavy (non-hydrogen) atoms. The van der Waals surface area contributed by atoms with E-state index < -0.39 is 0 Å². The van der Waals surface area contributed by atoms with E-state index >= 15 is 0 Å². The average Bonchev–Trinajstić information content (AvgIpc) is 2.84. The van der Waals surface area contributed by atoms with Crippen LogP contribution < -0.4 is 10.6 Å². The second-order valence-corrected chi connectivity index (χ2v) is 8.93. The number of piperidine rings is 1. The first kappa shape index (κ1) is 22.8. The van der Waals surface area contributed by atoms with E-state index in [-0.39, 0.29) is 6.03 Å². The number of urea groups is 1. The largest absolute Gasteiger partial charge is 0.379 e. The van der Waals surface area contributed by atoms with Gasteiger partial charge in [0.2, 0.25) is 0 Å². The average molecular weight is 437 g/mol. The van der Waals surface area contributed by atoms with Crippen molar-refractivity contribution in [1.82, 2.24) is 20.4 Å². The van der Waals surface area contributed by atoms with Gasteiger partial charge in [0.05, 0.1) is 13.2 Å². The molecule has 0 spiro atoms. The highest BCUT2D eigenvalue weighted by molar-refractivity contribution is 5.73. The standard InChI is InChI=1S/C26H36N4O2/c31-26(27-18-22-10-12-29(13-11-22)20-23-6-2-1-3-7-23)28-19-24-8-4-5-9-25(24)21-30-14-16-32-17-15-30/h1-9,22H,10-21H2,(H2,27,28,31). The molecular weight excluding hydrogens is 400 g/mol. The molecule has 2 aliphatic heterocycles. The number of benzene rings is 2. The monoisotopic (exact) mass is 436 g/mol. The zero-order valence-corrected chi connectivity index (χ0v) is 19.0. The summed E-state index contributed by atoms with van der Waals surface area (Å²) < 4.78 is 5.45. The fourth-order valence-electron chi connectivity index (χ4n) is 4.55. The predicted molar refractivity (Wildman–Crippen MR) is 127 cm³/mol. The van der Waals surface area contributed by atoms with E-state index in [1.807, 2.05) is 6.07 Å². The Balaban J connectivity index is 1.15. The van der Waals surface area contributed by atoms with Gasteiger partial charge in [0.25, 0.3) is 0 Å². The van der Waals surface area contributed by atoms with Crippen LogP contribution in [0.4, 0.5) is 4.79 Å². The second kappa shape index (κ2) is 12.0. The van der Waals surface area contributed by atoms with Crippen LogP contribution >= 0.6 is 0 Å². The van der Waals surface area contributed by atoms with Crippen molar-refractivity contribution >= 4 is 6.03 Å². The normalized spacial score (nSPS) is 18.4. The van der Waals surface area contributed by atoms with E-state index in [0.717, 1.165) is 71.9 Å². The molecule has 6 nitrogen and oxygen atoms in total. The fourth-order valence-corrected chi connectivity index (χ4v) is 4.55. The smallest absolute Gasteiger partial charge is 0.315 e. The molecule has 0 aromatic heterocycles. The number of hydrogen-bond donors (Lipinski definition) is 2. The van der Waals surface area contributed by atoms with Crippen molar-refractivity contribution in [3.63, 3.8) is 0 Å². The van der Waals surface area contributed by atoms with Gasteiger partial charge in [-0.2, -0.15) is 0 Å². The van der Waals surface area contributed by atoms with E-state index in [1.165, 1.54) is 16.7 Å². The number of ether oxygens (including phenoxy) is 1. The Morgan fingerprint density at radius 2 is 1.47 bits per heavy atom. The number of carbonyl (C=O) groups excluding carboxylic acids is 1. The number of amides is 2. The zero-order chi connectivity index (χ0) is 22.0. The van der Waals surface area contributed by atoms with E-state index in [4.69, 9.17) is 4.74 Å². The molecule has 0 radical (unpaired) electrons. The number of likely N-dealkylation sites (tertiary alicyclic amines) is 1. The molecule has 2 heterocycles. The summed E-state index contributed by atoms with van der Waals surface area (Å²) in [5.41, 5.74) is 3.83. The maximum absolute atomic E-state index is 12.4. The lowest BCUT2D eigenvalue weighted by Gasteiger charge is -2.32. The molecule has 0 bridgehead atoms. The van der Waals surface area contributed by atoms with Crippen molar-refractivity contribution in [2.24, 2.45) is 5.92 Å². The molecule has 4 rings (SSSR count). The molecular formula is C26H36N4O2. The van der Waals surface area contributed by atoms with Crippen LogP contribution in [0.5, 0.6) is 0 Å². The van der Waals surface area contributed by atoms with E-state index in [9.17, 15) is 4.79 Å². The third-order valence-corrected chi connectivity index (χ3v) is 6.56. The third-order valence-electron chi connectivity index (χ3n) is 6.56. The van der Waals surface area contributed by atoms with Crippen LogP contribution in [0.1, 0.15) is 29.5 Å². The molecule has 2 aliphatic rings. The zero-order valence-electron chi connectivity index (χ0n) is 19.0.